The number of benzene rings is 2. The second-order valence-corrected chi connectivity index (χ2v) is 8.97. The van der Waals surface area contributed by atoms with Gasteiger partial charge in [0.15, 0.2) is 0 Å². The van der Waals surface area contributed by atoms with Gasteiger partial charge in [0.1, 0.15) is 11.9 Å². The zero-order chi connectivity index (χ0) is 22.8. The number of unbranched alkanes of at least 4 members (excludes halogenated alkanes) is 1. The van der Waals surface area contributed by atoms with Crippen molar-refractivity contribution in [1.29, 1.82) is 0 Å². The summed E-state index contributed by atoms with van der Waals surface area (Å²) in [6.07, 6.45) is 1.82. The van der Waals surface area contributed by atoms with Crippen LogP contribution in [0.15, 0.2) is 42.5 Å². The molecule has 1 N–H and O–H groups in total. The van der Waals surface area contributed by atoms with Crippen molar-refractivity contribution < 1.29 is 14.0 Å². The Hall–Kier alpha value is -1.76. The molecule has 0 radical (unpaired) electrons. The highest BCUT2D eigenvalue weighted by atomic mass is 35.5. The van der Waals surface area contributed by atoms with E-state index in [0.717, 1.165) is 18.4 Å². The Kier molecular flexibility index (Phi) is 10.6. The smallest absolute Gasteiger partial charge is 0.242 e. The number of halogens is 3. The summed E-state index contributed by atoms with van der Waals surface area (Å²) < 4.78 is 14.2. The molecular formula is C23H27Cl2FN2O2S. The second kappa shape index (κ2) is 12.9. The molecule has 168 valence electrons. The molecule has 0 fully saturated rings. The first-order chi connectivity index (χ1) is 14.8. The summed E-state index contributed by atoms with van der Waals surface area (Å²) in [5, 5.41) is 3.79. The maximum atomic E-state index is 14.2. The van der Waals surface area contributed by atoms with E-state index < -0.39 is 11.9 Å². The molecule has 0 saturated heterocycles. The van der Waals surface area contributed by atoms with Crippen LogP contribution in [0.4, 0.5) is 4.39 Å². The van der Waals surface area contributed by atoms with E-state index in [-0.39, 0.29) is 24.1 Å². The summed E-state index contributed by atoms with van der Waals surface area (Å²) in [6.45, 7) is 4.28. The van der Waals surface area contributed by atoms with Crippen LogP contribution in [0.25, 0.3) is 0 Å². The van der Waals surface area contributed by atoms with Crippen LogP contribution in [-0.2, 0) is 21.9 Å². The maximum Gasteiger partial charge on any atom is 0.242 e. The normalized spacial score (nSPS) is 11.8. The molecular weight excluding hydrogens is 458 g/mol. The number of hydrogen-bond donors (Lipinski definition) is 1. The summed E-state index contributed by atoms with van der Waals surface area (Å²) in [7, 11) is 0. The third-order valence-electron chi connectivity index (χ3n) is 4.77. The van der Waals surface area contributed by atoms with Crippen molar-refractivity contribution in [3.8, 4) is 0 Å². The average Bonchev–Trinajstić information content (AvgIpc) is 2.75. The average molecular weight is 485 g/mol. The fraction of sp³-hybridized carbons (Fsp3) is 0.391. The highest BCUT2D eigenvalue weighted by Gasteiger charge is 2.26. The van der Waals surface area contributed by atoms with Gasteiger partial charge < -0.3 is 10.2 Å². The van der Waals surface area contributed by atoms with Crippen LogP contribution < -0.4 is 5.32 Å². The molecule has 1 unspecified atom stereocenters. The molecule has 0 heterocycles. The number of rotatable bonds is 11. The molecule has 8 heteroatoms. The molecule has 4 nitrogen and oxygen atoms in total. The van der Waals surface area contributed by atoms with Gasteiger partial charge in [0.2, 0.25) is 11.8 Å². The largest absolute Gasteiger partial charge is 0.354 e. The van der Waals surface area contributed by atoms with Crippen molar-refractivity contribution in [3.05, 3.63) is 69.5 Å². The Labute approximate surface area is 197 Å². The van der Waals surface area contributed by atoms with E-state index in [9.17, 15) is 14.0 Å². The van der Waals surface area contributed by atoms with Crippen molar-refractivity contribution in [3.63, 3.8) is 0 Å². The highest BCUT2D eigenvalue weighted by Crippen LogP contribution is 2.25. The summed E-state index contributed by atoms with van der Waals surface area (Å²) in [5.74, 6) is -0.157. The quantitative estimate of drug-likeness (QED) is 0.416. The molecule has 0 bridgehead atoms. The van der Waals surface area contributed by atoms with Crippen LogP contribution in [0, 0.1) is 5.82 Å². The van der Waals surface area contributed by atoms with Gasteiger partial charge in [-0.05, 0) is 37.1 Å². The number of amides is 2. The van der Waals surface area contributed by atoms with Crippen molar-refractivity contribution in [2.45, 2.75) is 45.0 Å². The van der Waals surface area contributed by atoms with E-state index in [1.807, 2.05) is 13.0 Å². The molecule has 1 atom stereocenters. The van der Waals surface area contributed by atoms with E-state index in [1.54, 1.807) is 37.3 Å². The van der Waals surface area contributed by atoms with Crippen molar-refractivity contribution in [2.75, 3.05) is 12.3 Å². The van der Waals surface area contributed by atoms with Gasteiger partial charge >= 0.3 is 0 Å². The number of carbonyl (C=O) groups is 2. The van der Waals surface area contributed by atoms with Crippen molar-refractivity contribution in [2.24, 2.45) is 0 Å². The number of nitrogens with one attached hydrogen (secondary N) is 1. The van der Waals surface area contributed by atoms with Crippen molar-refractivity contribution >= 4 is 46.8 Å². The number of thioether (sulfide) groups is 1. The lowest BCUT2D eigenvalue weighted by Crippen LogP contribution is -2.48. The lowest BCUT2D eigenvalue weighted by atomic mass is 10.1. The summed E-state index contributed by atoms with van der Waals surface area (Å²) in [5.41, 5.74) is 1.32. The molecule has 31 heavy (non-hydrogen) atoms. The van der Waals surface area contributed by atoms with Crippen LogP contribution >= 0.6 is 35.0 Å². The zero-order valence-corrected chi connectivity index (χ0v) is 20.0. The molecule has 0 aliphatic carbocycles. The molecule has 2 amide bonds. The molecule has 2 aromatic carbocycles. The Morgan fingerprint density at radius 2 is 1.90 bits per heavy atom. The molecule has 0 spiro atoms. The van der Waals surface area contributed by atoms with Crippen molar-refractivity contribution in [1.82, 2.24) is 10.2 Å². The van der Waals surface area contributed by atoms with Crippen LogP contribution in [-0.4, -0.2) is 35.1 Å². The number of hydrogen-bond acceptors (Lipinski definition) is 3. The molecule has 0 aliphatic rings. The summed E-state index contributed by atoms with van der Waals surface area (Å²) >= 11 is 13.4. The van der Waals surface area contributed by atoms with Gasteiger partial charge in [-0.3, -0.25) is 9.59 Å². The first kappa shape index (κ1) is 25.5. The van der Waals surface area contributed by atoms with E-state index in [0.29, 0.717) is 27.9 Å². The van der Waals surface area contributed by atoms with Crippen LogP contribution in [0.2, 0.25) is 10.0 Å². The Morgan fingerprint density at radius 1 is 1.16 bits per heavy atom. The zero-order valence-electron chi connectivity index (χ0n) is 17.7. The minimum Gasteiger partial charge on any atom is -0.354 e. The predicted molar refractivity (Wildman–Crippen MR) is 127 cm³/mol. The minimum absolute atomic E-state index is 0.0290. The first-order valence-corrected chi connectivity index (χ1v) is 12.1. The Morgan fingerprint density at radius 3 is 2.58 bits per heavy atom. The van der Waals surface area contributed by atoms with Crippen LogP contribution in [0.1, 0.15) is 37.8 Å². The van der Waals surface area contributed by atoms with E-state index in [2.05, 4.69) is 5.32 Å². The molecule has 2 rings (SSSR count). The second-order valence-electron chi connectivity index (χ2n) is 7.17. The standard InChI is InChI=1S/C23H27Cl2FN2O2S/c1-3-4-11-27-23(30)16(2)28(13-18-7-5-6-8-21(18)26)22(29)15-31-14-17-9-10-19(24)20(25)12-17/h5-10,12,16H,3-4,11,13-15H2,1-2H3,(H,27,30). The fourth-order valence-corrected chi connectivity index (χ4v) is 4.08. The third-order valence-corrected chi connectivity index (χ3v) is 6.50. The number of carbonyl (C=O) groups excluding carboxylic acids is 2. The maximum absolute atomic E-state index is 14.2. The third kappa shape index (κ3) is 8.02. The predicted octanol–water partition coefficient (Wildman–Crippen LogP) is 5.70. The molecule has 0 aromatic heterocycles. The van der Waals surface area contributed by atoms with E-state index in [4.69, 9.17) is 23.2 Å². The SMILES string of the molecule is CCCCNC(=O)C(C)N(Cc1ccccc1F)C(=O)CSCc1ccc(Cl)c(Cl)c1. The monoisotopic (exact) mass is 484 g/mol. The van der Waals surface area contributed by atoms with Gasteiger partial charge in [-0.25, -0.2) is 4.39 Å². The fourth-order valence-electron chi connectivity index (χ4n) is 2.90. The Bertz CT molecular complexity index is 898. The lowest BCUT2D eigenvalue weighted by Gasteiger charge is -2.29. The van der Waals surface area contributed by atoms with Gasteiger partial charge in [0.05, 0.1) is 15.8 Å². The minimum atomic E-state index is -0.713. The van der Waals surface area contributed by atoms with Gasteiger partial charge in [-0.2, -0.15) is 0 Å². The highest BCUT2D eigenvalue weighted by molar-refractivity contribution is 7.99. The molecule has 0 aliphatic heterocycles. The summed E-state index contributed by atoms with van der Waals surface area (Å²) in [4.78, 5) is 27.0. The van der Waals surface area contributed by atoms with Crippen LogP contribution in [0.3, 0.4) is 0 Å². The van der Waals surface area contributed by atoms with Gasteiger partial charge in [0.25, 0.3) is 0 Å². The lowest BCUT2D eigenvalue weighted by molar-refractivity contribution is -0.138. The van der Waals surface area contributed by atoms with Crippen LogP contribution in [0.5, 0.6) is 0 Å². The Balaban J connectivity index is 2.06. The van der Waals surface area contributed by atoms with E-state index >= 15 is 0 Å². The topological polar surface area (TPSA) is 49.4 Å². The van der Waals surface area contributed by atoms with Gasteiger partial charge in [-0.15, -0.1) is 11.8 Å². The van der Waals surface area contributed by atoms with Gasteiger partial charge in [-0.1, -0.05) is 60.8 Å². The van der Waals surface area contributed by atoms with Gasteiger partial charge in [0, 0.05) is 24.4 Å². The molecule has 2 aromatic rings. The van der Waals surface area contributed by atoms with E-state index in [1.165, 1.54) is 22.7 Å². The summed E-state index contributed by atoms with van der Waals surface area (Å²) in [6, 6.07) is 10.9. The number of nitrogens with zero attached hydrogens (tertiary/aromatic N) is 1. The first-order valence-electron chi connectivity index (χ1n) is 10.2. The molecule has 0 saturated carbocycles.